The van der Waals surface area contributed by atoms with Crippen LogP contribution in [0, 0.1) is 0 Å². The molecule has 1 N–H and O–H groups in total. The minimum absolute atomic E-state index is 0.0580. The summed E-state index contributed by atoms with van der Waals surface area (Å²) < 4.78 is 10.6. The maximum absolute atomic E-state index is 12.1. The minimum Gasteiger partial charge on any atom is -0.462 e. The van der Waals surface area contributed by atoms with Gasteiger partial charge in [-0.05, 0) is 12.8 Å². The Bertz CT molecular complexity index is 622. The van der Waals surface area contributed by atoms with Gasteiger partial charge in [0.2, 0.25) is 0 Å². The molecule has 0 aromatic carbocycles. The second kappa shape index (κ2) is 38.3. The Balaban J connectivity index is 3.40. The van der Waals surface area contributed by atoms with E-state index in [0.717, 1.165) is 38.5 Å². The molecule has 0 saturated carbocycles. The van der Waals surface area contributed by atoms with E-state index >= 15 is 0 Å². The van der Waals surface area contributed by atoms with Gasteiger partial charge in [-0.2, -0.15) is 0 Å². The van der Waals surface area contributed by atoms with E-state index in [4.69, 9.17) is 9.47 Å². The number of hydrogen-bond donors (Lipinski definition) is 1. The maximum atomic E-state index is 12.1. The van der Waals surface area contributed by atoms with E-state index in [1.807, 2.05) is 0 Å². The number of unbranched alkanes of at least 4 members (excludes halogenated alkanes) is 30. The van der Waals surface area contributed by atoms with Gasteiger partial charge in [-0.15, -0.1) is 0 Å². The number of carbonyl (C=O) groups is 2. The van der Waals surface area contributed by atoms with Crippen LogP contribution in [0.5, 0.6) is 0 Å². The Morgan fingerprint density at radius 1 is 0.413 bits per heavy atom. The molecule has 1 atom stereocenters. The topological polar surface area (TPSA) is 72.8 Å². The highest BCUT2D eigenvalue weighted by Gasteiger charge is 2.16. The van der Waals surface area contributed by atoms with Crippen molar-refractivity contribution in [2.24, 2.45) is 0 Å². The van der Waals surface area contributed by atoms with Gasteiger partial charge in [0.05, 0.1) is 6.61 Å². The SMILES string of the molecule is CCCCCCCCCCCCCCCCCCCCCCCCCCC(=O)OC(CO)COC(=O)CCCCCCCCCC. The summed E-state index contributed by atoms with van der Waals surface area (Å²) in [6.07, 6.45) is 41.9. The van der Waals surface area contributed by atoms with Crippen LogP contribution in [0.15, 0.2) is 0 Å². The largest absolute Gasteiger partial charge is 0.462 e. The number of esters is 2. The minimum atomic E-state index is -0.760. The molecule has 274 valence electrons. The van der Waals surface area contributed by atoms with Crippen molar-refractivity contribution in [3.05, 3.63) is 0 Å². The van der Waals surface area contributed by atoms with E-state index in [1.165, 1.54) is 167 Å². The highest BCUT2D eigenvalue weighted by molar-refractivity contribution is 5.70. The first-order chi connectivity index (χ1) is 22.6. The van der Waals surface area contributed by atoms with Crippen molar-refractivity contribution in [1.29, 1.82) is 0 Å². The Morgan fingerprint density at radius 3 is 0.957 bits per heavy atom. The average molecular weight is 653 g/mol. The number of rotatable bonds is 38. The lowest BCUT2D eigenvalue weighted by Crippen LogP contribution is -2.28. The smallest absolute Gasteiger partial charge is 0.306 e. The highest BCUT2D eigenvalue weighted by atomic mass is 16.6. The van der Waals surface area contributed by atoms with Crippen LogP contribution in [0.2, 0.25) is 0 Å². The molecule has 0 fully saturated rings. The summed E-state index contributed by atoms with van der Waals surface area (Å²) in [6, 6.07) is 0. The Morgan fingerprint density at radius 2 is 0.674 bits per heavy atom. The summed E-state index contributed by atoms with van der Waals surface area (Å²) in [5, 5.41) is 9.52. The zero-order valence-electron chi connectivity index (χ0n) is 31.1. The number of carbonyl (C=O) groups excluding carboxylic acids is 2. The highest BCUT2D eigenvalue weighted by Crippen LogP contribution is 2.16. The lowest BCUT2D eigenvalue weighted by atomic mass is 10.0. The number of ether oxygens (including phenoxy) is 2. The van der Waals surface area contributed by atoms with Crippen LogP contribution in [0.1, 0.15) is 232 Å². The zero-order chi connectivity index (χ0) is 33.6. The van der Waals surface area contributed by atoms with Crippen LogP contribution in [-0.2, 0) is 19.1 Å². The van der Waals surface area contributed by atoms with Crippen molar-refractivity contribution in [3.63, 3.8) is 0 Å². The fourth-order valence-corrected chi connectivity index (χ4v) is 6.26. The number of aliphatic hydroxyl groups is 1. The van der Waals surface area contributed by atoms with Crippen LogP contribution in [-0.4, -0.2) is 36.4 Å². The lowest BCUT2D eigenvalue weighted by molar-refractivity contribution is -0.161. The molecule has 0 saturated heterocycles. The van der Waals surface area contributed by atoms with E-state index in [1.54, 1.807) is 0 Å². The van der Waals surface area contributed by atoms with Gasteiger partial charge >= 0.3 is 11.9 Å². The molecule has 1 unspecified atom stereocenters. The molecule has 5 nitrogen and oxygen atoms in total. The summed E-state index contributed by atoms with van der Waals surface area (Å²) >= 11 is 0. The fourth-order valence-electron chi connectivity index (χ4n) is 6.26. The second-order valence-electron chi connectivity index (χ2n) is 14.1. The Hall–Kier alpha value is -1.10. The van der Waals surface area contributed by atoms with Crippen LogP contribution >= 0.6 is 0 Å². The van der Waals surface area contributed by atoms with Crippen molar-refractivity contribution >= 4 is 11.9 Å². The summed E-state index contributed by atoms with van der Waals surface area (Å²) in [4.78, 5) is 24.1. The van der Waals surface area contributed by atoms with Gasteiger partial charge in [-0.1, -0.05) is 206 Å². The maximum Gasteiger partial charge on any atom is 0.306 e. The molecule has 0 amide bonds. The van der Waals surface area contributed by atoms with Crippen LogP contribution in [0.4, 0.5) is 0 Å². The molecular formula is C41H80O5. The molecule has 0 bridgehead atoms. The van der Waals surface area contributed by atoms with Gasteiger partial charge in [-0.3, -0.25) is 9.59 Å². The average Bonchev–Trinajstić information content (AvgIpc) is 3.06. The van der Waals surface area contributed by atoms with Crippen molar-refractivity contribution in [2.45, 2.75) is 238 Å². The molecular weight excluding hydrogens is 572 g/mol. The zero-order valence-corrected chi connectivity index (χ0v) is 31.1. The molecule has 0 aromatic heterocycles. The first kappa shape index (κ1) is 44.9. The van der Waals surface area contributed by atoms with Gasteiger partial charge in [-0.25, -0.2) is 0 Å². The van der Waals surface area contributed by atoms with Gasteiger partial charge in [0.1, 0.15) is 6.61 Å². The van der Waals surface area contributed by atoms with Gasteiger partial charge < -0.3 is 14.6 Å². The quantitative estimate of drug-likeness (QED) is 0.0531. The number of aliphatic hydroxyl groups excluding tert-OH is 1. The van der Waals surface area contributed by atoms with Crippen LogP contribution < -0.4 is 0 Å². The summed E-state index contributed by atoms with van der Waals surface area (Å²) in [5.41, 5.74) is 0. The Labute approximate surface area is 287 Å². The van der Waals surface area contributed by atoms with Gasteiger partial charge in [0, 0.05) is 12.8 Å². The normalized spacial score (nSPS) is 12.0. The first-order valence-electron chi connectivity index (χ1n) is 20.6. The van der Waals surface area contributed by atoms with Crippen molar-refractivity contribution in [1.82, 2.24) is 0 Å². The first-order valence-corrected chi connectivity index (χ1v) is 20.6. The van der Waals surface area contributed by atoms with E-state index in [9.17, 15) is 14.7 Å². The van der Waals surface area contributed by atoms with Crippen LogP contribution in [0.3, 0.4) is 0 Å². The molecule has 5 heteroatoms. The molecule has 0 spiro atoms. The Kier molecular flexibility index (Phi) is 37.4. The van der Waals surface area contributed by atoms with E-state index in [2.05, 4.69) is 13.8 Å². The molecule has 0 aromatic rings. The fraction of sp³-hybridized carbons (Fsp3) is 0.951. The van der Waals surface area contributed by atoms with Gasteiger partial charge in [0.15, 0.2) is 6.10 Å². The molecule has 46 heavy (non-hydrogen) atoms. The van der Waals surface area contributed by atoms with E-state index in [-0.39, 0.29) is 25.2 Å². The third-order valence-electron chi connectivity index (χ3n) is 9.40. The van der Waals surface area contributed by atoms with Gasteiger partial charge in [0.25, 0.3) is 0 Å². The third kappa shape index (κ3) is 35.7. The molecule has 0 aliphatic heterocycles. The summed E-state index contributed by atoms with van der Waals surface area (Å²) in [5.74, 6) is -0.581. The van der Waals surface area contributed by atoms with Crippen molar-refractivity contribution in [2.75, 3.05) is 13.2 Å². The predicted octanol–water partition coefficient (Wildman–Crippen LogP) is 12.7. The van der Waals surface area contributed by atoms with Crippen molar-refractivity contribution in [3.8, 4) is 0 Å². The standard InChI is InChI=1S/C41H80O5/c1-3-5-7-9-11-13-14-15-16-17-18-19-20-21-22-23-24-25-26-27-28-30-32-34-36-41(44)46-39(37-42)38-45-40(43)35-33-31-29-12-10-8-6-4-2/h39,42H,3-38H2,1-2H3. The predicted molar refractivity (Wildman–Crippen MR) is 196 cm³/mol. The molecule has 0 rings (SSSR count). The van der Waals surface area contributed by atoms with E-state index < -0.39 is 6.10 Å². The third-order valence-corrected chi connectivity index (χ3v) is 9.40. The lowest BCUT2D eigenvalue weighted by Gasteiger charge is -2.15. The van der Waals surface area contributed by atoms with E-state index in [0.29, 0.717) is 12.8 Å². The molecule has 0 aliphatic carbocycles. The molecule has 0 heterocycles. The van der Waals surface area contributed by atoms with Crippen LogP contribution in [0.25, 0.3) is 0 Å². The molecule has 0 radical (unpaired) electrons. The summed E-state index contributed by atoms with van der Waals surface area (Å²) in [6.45, 7) is 4.13. The number of hydrogen-bond acceptors (Lipinski definition) is 5. The second-order valence-corrected chi connectivity index (χ2v) is 14.1. The molecule has 0 aliphatic rings. The monoisotopic (exact) mass is 653 g/mol. The summed E-state index contributed by atoms with van der Waals surface area (Å²) in [7, 11) is 0. The van der Waals surface area contributed by atoms with Crippen molar-refractivity contribution < 1.29 is 24.2 Å².